The van der Waals surface area contributed by atoms with E-state index >= 15 is 0 Å². The van der Waals surface area contributed by atoms with Gasteiger partial charge in [-0.2, -0.15) is 0 Å². The van der Waals surface area contributed by atoms with Crippen LogP contribution < -0.4 is 10.1 Å². The van der Waals surface area contributed by atoms with Gasteiger partial charge in [0.1, 0.15) is 5.75 Å². The van der Waals surface area contributed by atoms with Crippen LogP contribution >= 0.6 is 0 Å². The molecule has 1 aromatic carbocycles. The monoisotopic (exact) mass is 262 g/mol. The lowest BCUT2D eigenvalue weighted by molar-refractivity contribution is 0.271. The van der Waals surface area contributed by atoms with E-state index in [1.54, 1.807) is 7.11 Å². The lowest BCUT2D eigenvalue weighted by Crippen LogP contribution is -2.24. The third-order valence-electron chi connectivity index (χ3n) is 3.82. The van der Waals surface area contributed by atoms with Gasteiger partial charge >= 0.3 is 0 Å². The van der Waals surface area contributed by atoms with Crippen LogP contribution in [0.1, 0.15) is 36.8 Å². The van der Waals surface area contributed by atoms with E-state index in [1.807, 2.05) is 7.05 Å². The molecular weight excluding hydrogens is 236 g/mol. The molecule has 0 bridgehead atoms. The van der Waals surface area contributed by atoms with Crippen LogP contribution in [-0.4, -0.2) is 32.1 Å². The zero-order valence-electron chi connectivity index (χ0n) is 12.2. The third kappa shape index (κ3) is 4.22. The molecule has 1 aliphatic heterocycles. The fourth-order valence-electron chi connectivity index (χ4n) is 2.80. The molecule has 1 aromatic rings. The van der Waals surface area contributed by atoms with Gasteiger partial charge < -0.3 is 10.1 Å². The summed E-state index contributed by atoms with van der Waals surface area (Å²) < 4.78 is 5.50. The molecule has 106 valence electrons. The standard InChI is InChI=1S/C16H26N2O/c1-17-12-14-7-8-16(19-2)15(11-14)13-18-9-5-3-4-6-10-18/h7-8,11,17H,3-6,9-10,12-13H2,1-2H3. The van der Waals surface area contributed by atoms with Crippen molar-refractivity contribution in [2.75, 3.05) is 27.2 Å². The molecule has 0 amide bonds. The number of rotatable bonds is 5. The van der Waals surface area contributed by atoms with E-state index < -0.39 is 0 Å². The highest BCUT2D eigenvalue weighted by molar-refractivity contribution is 5.37. The van der Waals surface area contributed by atoms with Crippen molar-refractivity contribution >= 4 is 0 Å². The number of likely N-dealkylation sites (tertiary alicyclic amines) is 1. The van der Waals surface area contributed by atoms with E-state index in [9.17, 15) is 0 Å². The Morgan fingerprint density at radius 3 is 2.53 bits per heavy atom. The Hall–Kier alpha value is -1.06. The van der Waals surface area contributed by atoms with Gasteiger partial charge in [-0.15, -0.1) is 0 Å². The molecule has 1 fully saturated rings. The number of benzene rings is 1. The quantitative estimate of drug-likeness (QED) is 0.883. The molecule has 19 heavy (non-hydrogen) atoms. The van der Waals surface area contributed by atoms with E-state index in [1.165, 1.54) is 49.9 Å². The summed E-state index contributed by atoms with van der Waals surface area (Å²) in [6.45, 7) is 4.37. The summed E-state index contributed by atoms with van der Waals surface area (Å²) in [5.74, 6) is 1.02. The first-order valence-electron chi connectivity index (χ1n) is 7.36. The SMILES string of the molecule is CNCc1ccc(OC)c(CN2CCCCCC2)c1. The summed E-state index contributed by atoms with van der Waals surface area (Å²) in [5, 5.41) is 3.21. The molecule has 0 radical (unpaired) electrons. The molecule has 1 heterocycles. The van der Waals surface area contributed by atoms with Gasteiger partial charge in [0.2, 0.25) is 0 Å². The second kappa shape index (κ2) is 7.51. The fraction of sp³-hybridized carbons (Fsp3) is 0.625. The highest BCUT2D eigenvalue weighted by Gasteiger charge is 2.12. The largest absolute Gasteiger partial charge is 0.496 e. The van der Waals surface area contributed by atoms with Crippen molar-refractivity contribution in [3.63, 3.8) is 0 Å². The maximum absolute atomic E-state index is 5.50. The van der Waals surface area contributed by atoms with Gasteiger partial charge in [0.25, 0.3) is 0 Å². The summed E-state index contributed by atoms with van der Waals surface area (Å²) in [5.41, 5.74) is 2.64. The average molecular weight is 262 g/mol. The van der Waals surface area contributed by atoms with Gasteiger partial charge in [0.05, 0.1) is 7.11 Å². The maximum Gasteiger partial charge on any atom is 0.123 e. The topological polar surface area (TPSA) is 24.5 Å². The van der Waals surface area contributed by atoms with E-state index in [0.29, 0.717) is 0 Å². The molecule has 0 atom stereocenters. The van der Waals surface area contributed by atoms with Crippen molar-refractivity contribution in [2.24, 2.45) is 0 Å². The zero-order chi connectivity index (χ0) is 13.5. The van der Waals surface area contributed by atoms with E-state index in [0.717, 1.165) is 18.8 Å². The van der Waals surface area contributed by atoms with Crippen LogP contribution in [0.5, 0.6) is 5.75 Å². The number of methoxy groups -OCH3 is 1. The minimum Gasteiger partial charge on any atom is -0.496 e. The zero-order valence-corrected chi connectivity index (χ0v) is 12.2. The molecule has 0 saturated carbocycles. The van der Waals surface area contributed by atoms with Crippen molar-refractivity contribution in [3.8, 4) is 5.75 Å². The normalized spacial score (nSPS) is 17.2. The number of nitrogens with one attached hydrogen (secondary N) is 1. The van der Waals surface area contributed by atoms with Gasteiger partial charge in [-0.1, -0.05) is 18.9 Å². The molecule has 0 spiro atoms. The van der Waals surface area contributed by atoms with E-state index in [2.05, 4.69) is 28.4 Å². The number of hydrogen-bond donors (Lipinski definition) is 1. The summed E-state index contributed by atoms with van der Waals surface area (Å²) in [7, 11) is 3.75. The first kappa shape index (κ1) is 14.4. The predicted octanol–water partition coefficient (Wildman–Crippen LogP) is 2.79. The molecular formula is C16H26N2O. The van der Waals surface area contributed by atoms with Crippen LogP contribution in [-0.2, 0) is 13.1 Å². The minimum absolute atomic E-state index is 0.914. The summed E-state index contributed by atoms with van der Waals surface area (Å²) >= 11 is 0. The fourth-order valence-corrected chi connectivity index (χ4v) is 2.80. The van der Waals surface area contributed by atoms with Crippen LogP contribution in [0.2, 0.25) is 0 Å². The second-order valence-electron chi connectivity index (χ2n) is 5.37. The Bertz CT molecular complexity index is 384. The molecule has 1 saturated heterocycles. The highest BCUT2D eigenvalue weighted by atomic mass is 16.5. The highest BCUT2D eigenvalue weighted by Crippen LogP contribution is 2.23. The molecule has 1 aliphatic rings. The summed E-state index contributed by atoms with van der Waals surface area (Å²) in [6, 6.07) is 6.52. The summed E-state index contributed by atoms with van der Waals surface area (Å²) in [4.78, 5) is 2.56. The van der Waals surface area contributed by atoms with Gasteiger partial charge in [-0.3, -0.25) is 4.90 Å². The van der Waals surface area contributed by atoms with Crippen LogP contribution in [0.4, 0.5) is 0 Å². The maximum atomic E-state index is 5.50. The lowest BCUT2D eigenvalue weighted by Gasteiger charge is -2.21. The summed E-state index contributed by atoms with van der Waals surface area (Å²) in [6.07, 6.45) is 5.43. The van der Waals surface area contributed by atoms with Crippen LogP contribution in [0.15, 0.2) is 18.2 Å². The average Bonchev–Trinajstić information content (AvgIpc) is 2.68. The molecule has 0 unspecified atom stereocenters. The van der Waals surface area contributed by atoms with Crippen molar-refractivity contribution in [1.82, 2.24) is 10.2 Å². The minimum atomic E-state index is 0.914. The molecule has 3 nitrogen and oxygen atoms in total. The number of ether oxygens (including phenoxy) is 1. The molecule has 1 N–H and O–H groups in total. The van der Waals surface area contributed by atoms with Gasteiger partial charge in [-0.05, 0) is 50.7 Å². The number of nitrogens with zero attached hydrogens (tertiary/aromatic N) is 1. The Balaban J connectivity index is 2.09. The van der Waals surface area contributed by atoms with Crippen molar-refractivity contribution in [3.05, 3.63) is 29.3 Å². The molecule has 3 heteroatoms. The predicted molar refractivity (Wildman–Crippen MR) is 79.5 cm³/mol. The van der Waals surface area contributed by atoms with Crippen molar-refractivity contribution < 1.29 is 4.74 Å². The van der Waals surface area contributed by atoms with Crippen molar-refractivity contribution in [2.45, 2.75) is 38.8 Å². The Morgan fingerprint density at radius 1 is 1.16 bits per heavy atom. The Morgan fingerprint density at radius 2 is 1.89 bits per heavy atom. The first-order chi connectivity index (χ1) is 9.33. The number of hydrogen-bond acceptors (Lipinski definition) is 3. The third-order valence-corrected chi connectivity index (χ3v) is 3.82. The van der Waals surface area contributed by atoms with Crippen LogP contribution in [0.3, 0.4) is 0 Å². The van der Waals surface area contributed by atoms with E-state index in [-0.39, 0.29) is 0 Å². The first-order valence-corrected chi connectivity index (χ1v) is 7.36. The molecule has 0 aromatic heterocycles. The van der Waals surface area contributed by atoms with E-state index in [4.69, 9.17) is 4.74 Å². The van der Waals surface area contributed by atoms with Crippen LogP contribution in [0.25, 0.3) is 0 Å². The van der Waals surface area contributed by atoms with Gasteiger partial charge in [0.15, 0.2) is 0 Å². The lowest BCUT2D eigenvalue weighted by atomic mass is 10.1. The Labute approximate surface area is 116 Å². The van der Waals surface area contributed by atoms with Crippen LogP contribution in [0, 0.1) is 0 Å². The second-order valence-corrected chi connectivity index (χ2v) is 5.37. The van der Waals surface area contributed by atoms with Gasteiger partial charge in [0, 0.05) is 18.7 Å². The smallest absolute Gasteiger partial charge is 0.123 e. The van der Waals surface area contributed by atoms with Crippen molar-refractivity contribution in [1.29, 1.82) is 0 Å². The Kier molecular flexibility index (Phi) is 5.67. The van der Waals surface area contributed by atoms with Gasteiger partial charge in [-0.25, -0.2) is 0 Å². The molecule has 2 rings (SSSR count). The molecule has 0 aliphatic carbocycles.